The molecule has 0 saturated carbocycles. The lowest BCUT2D eigenvalue weighted by molar-refractivity contribution is -0.153. The second-order valence-electron chi connectivity index (χ2n) is 7.36. The predicted molar refractivity (Wildman–Crippen MR) is 107 cm³/mol. The SMILES string of the molecule is CC(C)C[C@H](CC(=O)N(C)Cc1ccccc1)C(=O)OCc1ccccc1. The molecule has 0 unspecified atom stereocenters. The Bertz CT molecular complexity index is 713. The first-order valence-electron chi connectivity index (χ1n) is 9.44. The first kappa shape index (κ1) is 20.7. The molecule has 0 bridgehead atoms. The van der Waals surface area contributed by atoms with E-state index in [1.807, 2.05) is 60.7 Å². The molecule has 2 aromatic rings. The van der Waals surface area contributed by atoms with Crippen LogP contribution >= 0.6 is 0 Å². The minimum Gasteiger partial charge on any atom is -0.461 e. The zero-order valence-corrected chi connectivity index (χ0v) is 16.4. The Morgan fingerprint density at radius 1 is 0.926 bits per heavy atom. The van der Waals surface area contributed by atoms with E-state index in [0.29, 0.717) is 18.9 Å². The average molecular weight is 367 g/mol. The zero-order chi connectivity index (χ0) is 19.6. The molecule has 4 heteroatoms. The average Bonchev–Trinajstić information content (AvgIpc) is 2.66. The molecule has 0 N–H and O–H groups in total. The van der Waals surface area contributed by atoms with Gasteiger partial charge >= 0.3 is 5.97 Å². The summed E-state index contributed by atoms with van der Waals surface area (Å²) in [6.07, 6.45) is 0.813. The van der Waals surface area contributed by atoms with Gasteiger partial charge in [0.25, 0.3) is 0 Å². The maximum absolute atomic E-state index is 12.6. The topological polar surface area (TPSA) is 46.6 Å². The van der Waals surface area contributed by atoms with Crippen LogP contribution < -0.4 is 0 Å². The van der Waals surface area contributed by atoms with Gasteiger partial charge in [-0.1, -0.05) is 74.5 Å². The van der Waals surface area contributed by atoms with Crippen LogP contribution in [-0.4, -0.2) is 23.8 Å². The number of carbonyl (C=O) groups is 2. The third-order valence-electron chi connectivity index (χ3n) is 4.42. The first-order valence-corrected chi connectivity index (χ1v) is 9.44. The van der Waals surface area contributed by atoms with Gasteiger partial charge in [0.1, 0.15) is 6.61 Å². The molecule has 0 aliphatic rings. The van der Waals surface area contributed by atoms with Gasteiger partial charge in [-0.05, 0) is 23.5 Å². The summed E-state index contributed by atoms with van der Waals surface area (Å²) in [6.45, 7) is 4.88. The van der Waals surface area contributed by atoms with Crippen LogP contribution in [0.4, 0.5) is 0 Å². The van der Waals surface area contributed by atoms with Crippen molar-refractivity contribution in [2.45, 2.75) is 39.8 Å². The van der Waals surface area contributed by atoms with Crippen molar-refractivity contribution in [3.63, 3.8) is 0 Å². The summed E-state index contributed by atoms with van der Waals surface area (Å²) in [7, 11) is 1.77. The van der Waals surface area contributed by atoms with Crippen molar-refractivity contribution in [3.8, 4) is 0 Å². The van der Waals surface area contributed by atoms with Gasteiger partial charge in [-0.2, -0.15) is 0 Å². The highest BCUT2D eigenvalue weighted by atomic mass is 16.5. The second kappa shape index (κ2) is 10.5. The Kier molecular flexibility index (Phi) is 8.05. The van der Waals surface area contributed by atoms with Gasteiger partial charge in [-0.15, -0.1) is 0 Å². The molecule has 144 valence electrons. The van der Waals surface area contributed by atoms with E-state index < -0.39 is 5.92 Å². The minimum absolute atomic E-state index is 0.0406. The summed E-state index contributed by atoms with van der Waals surface area (Å²) in [5, 5.41) is 0. The van der Waals surface area contributed by atoms with Crippen molar-refractivity contribution in [2.75, 3.05) is 7.05 Å². The smallest absolute Gasteiger partial charge is 0.309 e. The molecule has 27 heavy (non-hydrogen) atoms. The number of benzene rings is 2. The van der Waals surface area contributed by atoms with Crippen molar-refractivity contribution in [1.29, 1.82) is 0 Å². The molecule has 0 radical (unpaired) electrons. The molecule has 4 nitrogen and oxygen atoms in total. The highest BCUT2D eigenvalue weighted by molar-refractivity contribution is 5.83. The van der Waals surface area contributed by atoms with Crippen LogP contribution in [0.1, 0.15) is 37.8 Å². The van der Waals surface area contributed by atoms with Crippen molar-refractivity contribution < 1.29 is 14.3 Å². The van der Waals surface area contributed by atoms with Gasteiger partial charge in [-0.25, -0.2) is 0 Å². The van der Waals surface area contributed by atoms with Crippen LogP contribution in [0.2, 0.25) is 0 Å². The van der Waals surface area contributed by atoms with E-state index in [2.05, 4.69) is 13.8 Å². The number of amides is 1. The number of hydrogen-bond donors (Lipinski definition) is 0. The van der Waals surface area contributed by atoms with E-state index in [-0.39, 0.29) is 24.9 Å². The predicted octanol–water partition coefficient (Wildman–Crippen LogP) is 4.44. The van der Waals surface area contributed by atoms with Gasteiger partial charge in [0, 0.05) is 20.0 Å². The van der Waals surface area contributed by atoms with E-state index in [4.69, 9.17) is 4.74 Å². The van der Waals surface area contributed by atoms with Crippen LogP contribution in [-0.2, 0) is 27.5 Å². The number of ether oxygens (including phenoxy) is 1. The number of rotatable bonds is 9. The first-order chi connectivity index (χ1) is 13.0. The van der Waals surface area contributed by atoms with Gasteiger partial charge in [-0.3, -0.25) is 9.59 Å². The summed E-state index contributed by atoms with van der Waals surface area (Å²) in [5.74, 6) is -0.443. The molecule has 0 heterocycles. The normalized spacial score (nSPS) is 11.9. The number of nitrogens with zero attached hydrogens (tertiary/aromatic N) is 1. The van der Waals surface area contributed by atoms with E-state index in [1.165, 1.54) is 0 Å². The molecule has 0 aliphatic carbocycles. The van der Waals surface area contributed by atoms with E-state index in [9.17, 15) is 9.59 Å². The van der Waals surface area contributed by atoms with E-state index >= 15 is 0 Å². The fourth-order valence-corrected chi connectivity index (χ4v) is 2.99. The Morgan fingerprint density at radius 2 is 1.48 bits per heavy atom. The fourth-order valence-electron chi connectivity index (χ4n) is 2.99. The number of esters is 1. The summed E-state index contributed by atoms with van der Waals surface area (Å²) in [6, 6.07) is 19.4. The molecule has 2 rings (SSSR count). The third-order valence-corrected chi connectivity index (χ3v) is 4.42. The Hall–Kier alpha value is -2.62. The zero-order valence-electron chi connectivity index (χ0n) is 16.4. The third kappa shape index (κ3) is 7.26. The van der Waals surface area contributed by atoms with E-state index in [1.54, 1.807) is 11.9 Å². The van der Waals surface area contributed by atoms with Crippen LogP contribution in [0.5, 0.6) is 0 Å². The minimum atomic E-state index is -0.417. The molecule has 2 aromatic carbocycles. The van der Waals surface area contributed by atoms with Crippen molar-refractivity contribution in [2.24, 2.45) is 11.8 Å². The van der Waals surface area contributed by atoms with Crippen LogP contribution in [0, 0.1) is 11.8 Å². The lowest BCUT2D eigenvalue weighted by Crippen LogP contribution is -2.31. The highest BCUT2D eigenvalue weighted by Gasteiger charge is 2.26. The number of hydrogen-bond acceptors (Lipinski definition) is 3. The summed E-state index contributed by atoms with van der Waals surface area (Å²) in [5.41, 5.74) is 2.02. The van der Waals surface area contributed by atoms with Crippen molar-refractivity contribution >= 4 is 11.9 Å². The summed E-state index contributed by atoms with van der Waals surface area (Å²) in [4.78, 5) is 26.9. The van der Waals surface area contributed by atoms with Gasteiger partial charge in [0.05, 0.1) is 5.92 Å². The molecule has 0 aromatic heterocycles. The highest BCUT2D eigenvalue weighted by Crippen LogP contribution is 2.20. The molecule has 0 saturated heterocycles. The lowest BCUT2D eigenvalue weighted by Gasteiger charge is -2.22. The lowest BCUT2D eigenvalue weighted by atomic mass is 9.93. The molecule has 0 spiro atoms. The van der Waals surface area contributed by atoms with Gasteiger partial charge in [0.15, 0.2) is 0 Å². The van der Waals surface area contributed by atoms with Gasteiger partial charge < -0.3 is 9.64 Å². The summed E-state index contributed by atoms with van der Waals surface area (Å²) < 4.78 is 5.48. The molecule has 0 fully saturated rings. The Balaban J connectivity index is 1.93. The monoisotopic (exact) mass is 367 g/mol. The molecular weight excluding hydrogens is 338 g/mol. The van der Waals surface area contributed by atoms with Crippen molar-refractivity contribution in [3.05, 3.63) is 71.8 Å². The maximum Gasteiger partial charge on any atom is 0.309 e. The van der Waals surface area contributed by atoms with Crippen LogP contribution in [0.25, 0.3) is 0 Å². The standard InChI is InChI=1S/C23H29NO3/c1-18(2)14-21(23(26)27-17-20-12-8-5-9-13-20)15-22(25)24(3)16-19-10-6-4-7-11-19/h4-13,18,21H,14-17H2,1-3H3/t21-/m1/s1. The number of carbonyl (C=O) groups excluding carboxylic acids is 2. The van der Waals surface area contributed by atoms with Crippen molar-refractivity contribution in [1.82, 2.24) is 4.90 Å². The molecule has 0 aliphatic heterocycles. The second-order valence-corrected chi connectivity index (χ2v) is 7.36. The summed E-state index contributed by atoms with van der Waals surface area (Å²) >= 11 is 0. The van der Waals surface area contributed by atoms with Crippen LogP contribution in [0.3, 0.4) is 0 Å². The van der Waals surface area contributed by atoms with Gasteiger partial charge in [0.2, 0.25) is 5.91 Å². The quantitative estimate of drug-likeness (QED) is 0.616. The maximum atomic E-state index is 12.6. The Labute approximate surface area is 162 Å². The molecular formula is C23H29NO3. The van der Waals surface area contributed by atoms with Crippen LogP contribution in [0.15, 0.2) is 60.7 Å². The molecule has 1 atom stereocenters. The molecule has 1 amide bonds. The Morgan fingerprint density at radius 3 is 2.04 bits per heavy atom. The van der Waals surface area contributed by atoms with E-state index in [0.717, 1.165) is 11.1 Å². The largest absolute Gasteiger partial charge is 0.461 e. The fraction of sp³-hybridized carbons (Fsp3) is 0.391.